The van der Waals surface area contributed by atoms with E-state index in [0.717, 1.165) is 36.9 Å². The predicted octanol–water partition coefficient (Wildman–Crippen LogP) is 2.61. The summed E-state index contributed by atoms with van der Waals surface area (Å²) in [6, 6.07) is 2.18. The third-order valence-electron chi connectivity index (χ3n) is 3.56. The van der Waals surface area contributed by atoms with Crippen molar-refractivity contribution < 1.29 is 23.1 Å². The van der Waals surface area contributed by atoms with Crippen molar-refractivity contribution in [2.45, 2.75) is 42.5 Å². The lowest BCUT2D eigenvalue weighted by atomic mass is 10.0. The first-order valence-electron chi connectivity index (χ1n) is 6.94. The Balaban J connectivity index is 1.76. The van der Waals surface area contributed by atoms with Crippen LogP contribution in [0.15, 0.2) is 23.4 Å². The number of pyridine rings is 1. The Kier molecular flexibility index (Phi) is 5.33. The fraction of sp³-hybridized carbons (Fsp3) is 0.571. The van der Waals surface area contributed by atoms with Crippen LogP contribution in [0.25, 0.3) is 0 Å². The van der Waals surface area contributed by atoms with E-state index in [-0.39, 0.29) is 18.2 Å². The number of thioether (sulfide) groups is 1. The predicted molar refractivity (Wildman–Crippen MR) is 76.4 cm³/mol. The first kappa shape index (κ1) is 17.1. The smallest absolute Gasteiger partial charge is 0.388 e. The van der Waals surface area contributed by atoms with Crippen LogP contribution < -0.4 is 5.32 Å². The van der Waals surface area contributed by atoms with Crippen LogP contribution in [0, 0.1) is 0 Å². The summed E-state index contributed by atoms with van der Waals surface area (Å²) >= 11 is 1.06. The SMILES string of the molecule is O=C(CSc1ccc(C(F)(F)F)cn1)NCC1(O)CCCC1. The quantitative estimate of drug-likeness (QED) is 0.813. The van der Waals surface area contributed by atoms with Gasteiger partial charge in [-0.1, -0.05) is 24.6 Å². The van der Waals surface area contributed by atoms with Crippen molar-refractivity contribution in [3.05, 3.63) is 23.9 Å². The normalized spacial score (nSPS) is 17.5. The van der Waals surface area contributed by atoms with Gasteiger partial charge >= 0.3 is 6.18 Å². The number of nitrogens with zero attached hydrogens (tertiary/aromatic N) is 1. The highest BCUT2D eigenvalue weighted by Gasteiger charge is 2.31. The van der Waals surface area contributed by atoms with E-state index in [2.05, 4.69) is 10.3 Å². The van der Waals surface area contributed by atoms with Crippen LogP contribution in [-0.4, -0.2) is 33.9 Å². The van der Waals surface area contributed by atoms with Gasteiger partial charge in [0.2, 0.25) is 5.91 Å². The number of alkyl halides is 3. The average Bonchev–Trinajstić information content (AvgIpc) is 2.90. The van der Waals surface area contributed by atoms with Gasteiger partial charge in [-0.05, 0) is 25.0 Å². The number of aromatic nitrogens is 1. The fourth-order valence-corrected chi connectivity index (χ4v) is 2.97. The molecule has 2 N–H and O–H groups in total. The van der Waals surface area contributed by atoms with E-state index >= 15 is 0 Å². The van der Waals surface area contributed by atoms with Gasteiger partial charge in [0.1, 0.15) is 0 Å². The van der Waals surface area contributed by atoms with E-state index in [1.54, 1.807) is 0 Å². The minimum absolute atomic E-state index is 0.0500. The molecule has 1 saturated carbocycles. The number of aliphatic hydroxyl groups is 1. The Morgan fingerprint density at radius 3 is 2.59 bits per heavy atom. The monoisotopic (exact) mass is 334 g/mol. The van der Waals surface area contributed by atoms with Gasteiger partial charge in [0.05, 0.1) is 21.9 Å². The molecule has 0 saturated heterocycles. The van der Waals surface area contributed by atoms with Crippen LogP contribution in [0.3, 0.4) is 0 Å². The molecule has 1 fully saturated rings. The van der Waals surface area contributed by atoms with Gasteiger partial charge in [0, 0.05) is 12.7 Å². The standard InChI is InChI=1S/C14H17F3N2O2S/c15-14(16,17)10-3-4-12(18-7-10)22-8-11(20)19-9-13(21)5-1-2-6-13/h3-4,7,21H,1-2,5-6,8-9H2,(H,19,20). The maximum atomic E-state index is 12.4. The Bertz CT molecular complexity index is 514. The van der Waals surface area contributed by atoms with Gasteiger partial charge in [0.15, 0.2) is 0 Å². The molecule has 4 nitrogen and oxygen atoms in total. The Hall–Kier alpha value is -1.28. The zero-order valence-corrected chi connectivity index (χ0v) is 12.6. The summed E-state index contributed by atoms with van der Waals surface area (Å²) in [5, 5.41) is 13.1. The maximum absolute atomic E-state index is 12.4. The van der Waals surface area contributed by atoms with Gasteiger partial charge in [-0.3, -0.25) is 4.79 Å². The lowest BCUT2D eigenvalue weighted by Gasteiger charge is -2.22. The van der Waals surface area contributed by atoms with Crippen molar-refractivity contribution in [3.8, 4) is 0 Å². The molecule has 2 rings (SSSR count). The number of nitrogens with one attached hydrogen (secondary N) is 1. The topological polar surface area (TPSA) is 62.2 Å². The van der Waals surface area contributed by atoms with E-state index < -0.39 is 17.3 Å². The van der Waals surface area contributed by atoms with Crippen molar-refractivity contribution in [1.82, 2.24) is 10.3 Å². The minimum Gasteiger partial charge on any atom is -0.388 e. The molecule has 0 bridgehead atoms. The van der Waals surface area contributed by atoms with E-state index in [1.165, 1.54) is 6.07 Å². The zero-order valence-electron chi connectivity index (χ0n) is 11.8. The molecule has 0 radical (unpaired) electrons. The highest BCUT2D eigenvalue weighted by atomic mass is 32.2. The molecule has 1 heterocycles. The number of rotatable bonds is 5. The van der Waals surface area contributed by atoms with Crippen molar-refractivity contribution >= 4 is 17.7 Å². The molecule has 122 valence electrons. The molecule has 0 unspecified atom stereocenters. The Morgan fingerprint density at radius 2 is 2.05 bits per heavy atom. The molecule has 8 heteroatoms. The van der Waals surface area contributed by atoms with E-state index in [9.17, 15) is 23.1 Å². The summed E-state index contributed by atoms with van der Waals surface area (Å²) in [5.74, 6) is -0.221. The van der Waals surface area contributed by atoms with Gasteiger partial charge in [-0.25, -0.2) is 4.98 Å². The summed E-state index contributed by atoms with van der Waals surface area (Å²) in [6.45, 7) is 0.215. The molecule has 0 aromatic carbocycles. The number of hydrogen-bond donors (Lipinski definition) is 2. The van der Waals surface area contributed by atoms with Crippen LogP contribution in [0.1, 0.15) is 31.2 Å². The molecule has 1 aromatic rings. The van der Waals surface area contributed by atoms with Crippen LogP contribution in [-0.2, 0) is 11.0 Å². The summed E-state index contributed by atoms with van der Waals surface area (Å²) in [6.07, 6.45) is -0.388. The number of amides is 1. The van der Waals surface area contributed by atoms with Crippen LogP contribution in [0.4, 0.5) is 13.2 Å². The van der Waals surface area contributed by atoms with Crippen molar-refractivity contribution in [1.29, 1.82) is 0 Å². The third-order valence-corrected chi connectivity index (χ3v) is 4.51. The second-order valence-electron chi connectivity index (χ2n) is 5.38. The number of halogens is 3. The number of hydrogen-bond acceptors (Lipinski definition) is 4. The zero-order chi connectivity index (χ0) is 16.2. The number of carbonyl (C=O) groups is 1. The average molecular weight is 334 g/mol. The van der Waals surface area contributed by atoms with Gasteiger partial charge in [-0.15, -0.1) is 0 Å². The second-order valence-corrected chi connectivity index (χ2v) is 6.38. The first-order valence-corrected chi connectivity index (χ1v) is 7.92. The number of carbonyl (C=O) groups excluding carboxylic acids is 1. The lowest BCUT2D eigenvalue weighted by molar-refractivity contribution is -0.137. The van der Waals surface area contributed by atoms with Crippen molar-refractivity contribution in [3.63, 3.8) is 0 Å². The molecule has 22 heavy (non-hydrogen) atoms. The van der Waals surface area contributed by atoms with Crippen molar-refractivity contribution in [2.75, 3.05) is 12.3 Å². The van der Waals surface area contributed by atoms with Crippen LogP contribution >= 0.6 is 11.8 Å². The molecule has 1 aliphatic carbocycles. The molecule has 1 aromatic heterocycles. The molecule has 1 amide bonds. The molecule has 0 atom stereocenters. The highest BCUT2D eigenvalue weighted by molar-refractivity contribution is 7.99. The van der Waals surface area contributed by atoms with E-state index in [1.807, 2.05) is 0 Å². The van der Waals surface area contributed by atoms with E-state index in [4.69, 9.17) is 0 Å². The van der Waals surface area contributed by atoms with Crippen molar-refractivity contribution in [2.24, 2.45) is 0 Å². The van der Waals surface area contributed by atoms with Gasteiger partial charge < -0.3 is 10.4 Å². The summed E-state index contributed by atoms with van der Waals surface area (Å²) < 4.78 is 37.2. The van der Waals surface area contributed by atoms with Crippen LogP contribution in [0.5, 0.6) is 0 Å². The Morgan fingerprint density at radius 1 is 1.36 bits per heavy atom. The molecule has 1 aliphatic rings. The van der Waals surface area contributed by atoms with Crippen LogP contribution in [0.2, 0.25) is 0 Å². The minimum atomic E-state index is -4.41. The van der Waals surface area contributed by atoms with Gasteiger partial charge in [-0.2, -0.15) is 13.2 Å². The lowest BCUT2D eigenvalue weighted by Crippen LogP contribution is -2.41. The van der Waals surface area contributed by atoms with Gasteiger partial charge in [0.25, 0.3) is 0 Å². The first-order chi connectivity index (χ1) is 10.3. The molecular weight excluding hydrogens is 317 g/mol. The summed E-state index contributed by atoms with van der Waals surface area (Å²) in [4.78, 5) is 15.4. The fourth-order valence-electron chi connectivity index (χ4n) is 2.30. The third kappa shape index (κ3) is 4.88. The summed E-state index contributed by atoms with van der Waals surface area (Å²) in [5.41, 5.74) is -1.63. The summed E-state index contributed by atoms with van der Waals surface area (Å²) in [7, 11) is 0. The highest BCUT2D eigenvalue weighted by Crippen LogP contribution is 2.30. The Labute approximate surface area is 130 Å². The molecule has 0 spiro atoms. The van der Waals surface area contributed by atoms with E-state index in [0.29, 0.717) is 17.9 Å². The molecule has 0 aliphatic heterocycles. The maximum Gasteiger partial charge on any atom is 0.417 e. The largest absolute Gasteiger partial charge is 0.417 e. The molecular formula is C14H17F3N2O2S. The second kappa shape index (κ2) is 6.87.